The summed E-state index contributed by atoms with van der Waals surface area (Å²) in [4.78, 5) is 23.7. The largest absolute Gasteiger partial charge is 0.461 e. The van der Waals surface area contributed by atoms with Gasteiger partial charge in [-0.2, -0.15) is 10.5 Å². The Labute approximate surface area is 151 Å². The van der Waals surface area contributed by atoms with Gasteiger partial charge in [0.15, 0.2) is 11.2 Å². The zero-order valence-electron chi connectivity index (χ0n) is 14.5. The molecular weight excluding hydrogens is 330 g/mol. The minimum atomic E-state index is -1.28. The van der Waals surface area contributed by atoms with Crippen LogP contribution in [0.25, 0.3) is 0 Å². The van der Waals surface area contributed by atoms with E-state index in [1.807, 2.05) is 6.08 Å². The van der Waals surface area contributed by atoms with Crippen LogP contribution in [0.4, 0.5) is 0 Å². The second-order valence-electron chi connectivity index (χ2n) is 7.44. The molecule has 0 spiro atoms. The quantitative estimate of drug-likeness (QED) is 0.603. The van der Waals surface area contributed by atoms with Crippen LogP contribution in [0.1, 0.15) is 32.6 Å². The number of nitrogens with one attached hydrogen (secondary N) is 1. The Morgan fingerprint density at radius 1 is 1.35 bits per heavy atom. The first kappa shape index (κ1) is 16.8. The van der Waals surface area contributed by atoms with Crippen molar-refractivity contribution in [3.8, 4) is 12.1 Å². The Morgan fingerprint density at radius 2 is 2.12 bits per heavy atom. The minimum absolute atomic E-state index is 0.0542. The fraction of sp³-hybridized carbons (Fsp3) is 0.500. The van der Waals surface area contributed by atoms with E-state index in [1.54, 1.807) is 0 Å². The van der Waals surface area contributed by atoms with Gasteiger partial charge in [-0.15, -0.1) is 0 Å². The third-order valence-corrected chi connectivity index (χ3v) is 5.95. The lowest BCUT2D eigenvalue weighted by molar-refractivity contribution is -0.140. The number of carbonyl (C=O) groups excluding carboxylic acids is 2. The van der Waals surface area contributed by atoms with E-state index in [9.17, 15) is 20.1 Å². The molecule has 2 bridgehead atoms. The molecule has 3 atom stereocenters. The van der Waals surface area contributed by atoms with Gasteiger partial charge in [-0.05, 0) is 29.6 Å². The van der Waals surface area contributed by atoms with E-state index in [1.165, 1.54) is 6.92 Å². The Balaban J connectivity index is 1.85. The number of hydrogen-bond acceptors (Lipinski definition) is 6. The van der Waals surface area contributed by atoms with Crippen molar-refractivity contribution in [1.82, 2.24) is 5.32 Å². The second-order valence-corrected chi connectivity index (χ2v) is 7.44. The highest BCUT2D eigenvalue weighted by Gasteiger charge is 2.49. The summed E-state index contributed by atoms with van der Waals surface area (Å²) >= 11 is 0. The average molecular weight is 349 g/mol. The standard InChI is InChI=1S/C20H19N3O3/c1-11(24)26-8-16-15-7-20(9-21,10-22)17-6-13-2-3-18(23-13)14(17)4-12(15)5-19(16)25/h4,6,13-14,18,23H,2-3,5,7-8H2,1H3/t13?,14-,18?/m1/s1. The number of fused-ring (bicyclic) bond motifs is 5. The third-order valence-electron chi connectivity index (χ3n) is 5.95. The van der Waals surface area contributed by atoms with Gasteiger partial charge in [0, 0.05) is 43.3 Å². The van der Waals surface area contributed by atoms with Gasteiger partial charge in [0.2, 0.25) is 0 Å². The van der Waals surface area contributed by atoms with Gasteiger partial charge >= 0.3 is 5.97 Å². The van der Waals surface area contributed by atoms with E-state index in [4.69, 9.17) is 4.74 Å². The van der Waals surface area contributed by atoms with Gasteiger partial charge in [0.25, 0.3) is 0 Å². The molecule has 1 N–H and O–H groups in total. The topological polar surface area (TPSA) is 103 Å². The fourth-order valence-corrected chi connectivity index (χ4v) is 4.68. The van der Waals surface area contributed by atoms with Gasteiger partial charge in [-0.1, -0.05) is 12.2 Å². The highest BCUT2D eigenvalue weighted by Crippen LogP contribution is 2.51. The monoisotopic (exact) mass is 349 g/mol. The molecule has 6 heteroatoms. The van der Waals surface area contributed by atoms with Crippen LogP contribution in [0, 0.1) is 34.0 Å². The number of ketones is 1. The first-order valence-electron chi connectivity index (χ1n) is 8.88. The number of ether oxygens (including phenoxy) is 1. The van der Waals surface area contributed by atoms with Crippen molar-refractivity contribution in [2.75, 3.05) is 6.61 Å². The molecule has 0 aromatic carbocycles. The molecule has 0 amide bonds. The van der Waals surface area contributed by atoms with E-state index in [0.29, 0.717) is 11.1 Å². The van der Waals surface area contributed by atoms with Gasteiger partial charge in [0.1, 0.15) is 6.61 Å². The number of rotatable bonds is 2. The molecule has 26 heavy (non-hydrogen) atoms. The normalized spacial score (nSPS) is 31.0. The number of nitriles is 2. The van der Waals surface area contributed by atoms with E-state index in [0.717, 1.165) is 24.0 Å². The molecule has 0 aromatic heterocycles. The maximum atomic E-state index is 12.5. The number of nitrogens with zero attached hydrogens (tertiary/aromatic N) is 2. The molecule has 4 rings (SSSR count). The number of hydrogen-bond donors (Lipinski definition) is 1. The van der Waals surface area contributed by atoms with Crippen LogP contribution in [0.5, 0.6) is 0 Å². The maximum absolute atomic E-state index is 12.5. The molecule has 2 heterocycles. The van der Waals surface area contributed by atoms with E-state index >= 15 is 0 Å². The fourth-order valence-electron chi connectivity index (χ4n) is 4.68. The molecule has 1 fully saturated rings. The Hall–Kier alpha value is -2.70. The summed E-state index contributed by atoms with van der Waals surface area (Å²) in [6, 6.07) is 4.89. The van der Waals surface area contributed by atoms with Crippen molar-refractivity contribution >= 4 is 11.8 Å². The third kappa shape index (κ3) is 2.41. The summed E-state index contributed by atoms with van der Waals surface area (Å²) in [7, 11) is 0. The van der Waals surface area contributed by atoms with Gasteiger partial charge in [-0.3, -0.25) is 9.59 Å². The molecule has 2 aliphatic carbocycles. The van der Waals surface area contributed by atoms with Crippen LogP contribution in [-0.2, 0) is 14.3 Å². The van der Waals surface area contributed by atoms with Crippen molar-refractivity contribution in [3.05, 3.63) is 34.4 Å². The van der Waals surface area contributed by atoms with Crippen LogP contribution < -0.4 is 5.32 Å². The van der Waals surface area contributed by atoms with Crippen LogP contribution in [0.2, 0.25) is 0 Å². The van der Waals surface area contributed by atoms with Crippen molar-refractivity contribution < 1.29 is 14.3 Å². The summed E-state index contributed by atoms with van der Waals surface area (Å²) in [6.07, 6.45) is 6.52. The molecule has 2 aliphatic heterocycles. The number of esters is 1. The second kappa shape index (κ2) is 5.93. The Kier molecular flexibility index (Phi) is 3.82. The number of Topliss-reactive ketones (excluding diaryl/α,β-unsaturated/α-hetero) is 1. The predicted molar refractivity (Wildman–Crippen MR) is 91.2 cm³/mol. The summed E-state index contributed by atoms with van der Waals surface area (Å²) in [5.41, 5.74) is 1.60. The Morgan fingerprint density at radius 3 is 2.81 bits per heavy atom. The maximum Gasteiger partial charge on any atom is 0.302 e. The predicted octanol–water partition coefficient (Wildman–Crippen LogP) is 1.86. The van der Waals surface area contributed by atoms with Crippen LogP contribution in [0.15, 0.2) is 34.4 Å². The first-order valence-corrected chi connectivity index (χ1v) is 8.88. The lowest BCUT2D eigenvalue weighted by Gasteiger charge is -2.33. The summed E-state index contributed by atoms with van der Waals surface area (Å²) in [6.45, 7) is 1.20. The highest BCUT2D eigenvalue weighted by molar-refractivity contribution is 6.03. The van der Waals surface area contributed by atoms with Crippen molar-refractivity contribution in [3.63, 3.8) is 0 Å². The lowest BCUT2D eigenvalue weighted by Crippen LogP contribution is -2.42. The molecule has 2 unspecified atom stereocenters. The van der Waals surface area contributed by atoms with Crippen molar-refractivity contribution in [2.24, 2.45) is 11.3 Å². The summed E-state index contributed by atoms with van der Waals surface area (Å²) in [5, 5.41) is 23.4. The van der Waals surface area contributed by atoms with Gasteiger partial charge < -0.3 is 10.1 Å². The molecule has 0 aromatic rings. The average Bonchev–Trinajstić information content (AvgIpc) is 3.10. The lowest BCUT2D eigenvalue weighted by atomic mass is 9.71. The SMILES string of the molecule is CC(=O)OCC1=C2CC(C#N)(C#N)C3=CC4CCC(N4)[C@@H]3C=C2CC1=O. The molecule has 132 valence electrons. The molecule has 6 nitrogen and oxygen atoms in total. The zero-order chi connectivity index (χ0) is 18.5. The van der Waals surface area contributed by atoms with E-state index < -0.39 is 11.4 Å². The van der Waals surface area contributed by atoms with Crippen LogP contribution >= 0.6 is 0 Å². The van der Waals surface area contributed by atoms with E-state index in [2.05, 4.69) is 23.5 Å². The molecule has 0 radical (unpaired) electrons. The highest BCUT2D eigenvalue weighted by atomic mass is 16.5. The van der Waals surface area contributed by atoms with Gasteiger partial charge in [0.05, 0.1) is 12.1 Å². The van der Waals surface area contributed by atoms with Crippen LogP contribution in [-0.4, -0.2) is 30.4 Å². The molecule has 1 saturated heterocycles. The minimum Gasteiger partial charge on any atom is -0.461 e. The molecular formula is C20H19N3O3. The van der Waals surface area contributed by atoms with Crippen molar-refractivity contribution in [1.29, 1.82) is 10.5 Å². The zero-order valence-corrected chi connectivity index (χ0v) is 14.5. The summed E-state index contributed by atoms with van der Waals surface area (Å²) < 4.78 is 5.05. The first-order chi connectivity index (χ1) is 12.5. The Bertz CT molecular complexity index is 867. The number of allylic oxidation sites excluding steroid dienone is 2. The van der Waals surface area contributed by atoms with Crippen LogP contribution in [0.3, 0.4) is 0 Å². The molecule has 4 aliphatic rings. The van der Waals surface area contributed by atoms with Gasteiger partial charge in [-0.25, -0.2) is 0 Å². The smallest absolute Gasteiger partial charge is 0.302 e. The summed E-state index contributed by atoms with van der Waals surface area (Å²) in [5.74, 6) is -0.596. The van der Waals surface area contributed by atoms with Crippen molar-refractivity contribution in [2.45, 2.75) is 44.7 Å². The molecule has 0 saturated carbocycles. The number of carbonyl (C=O) groups is 2. The van der Waals surface area contributed by atoms with E-state index in [-0.39, 0.29) is 43.2 Å².